The van der Waals surface area contributed by atoms with Gasteiger partial charge in [0.1, 0.15) is 12.4 Å². The Morgan fingerprint density at radius 1 is 0.950 bits per heavy atom. The highest BCUT2D eigenvalue weighted by atomic mass is 16.7. The van der Waals surface area contributed by atoms with Crippen molar-refractivity contribution in [3.63, 3.8) is 0 Å². The van der Waals surface area contributed by atoms with Gasteiger partial charge in [0.25, 0.3) is 11.9 Å². The number of hydrogen-bond donors (Lipinski definition) is 3. The van der Waals surface area contributed by atoms with Crippen LogP contribution < -0.4 is 14.9 Å². The van der Waals surface area contributed by atoms with Crippen LogP contribution in [0.5, 0.6) is 11.6 Å². The highest BCUT2D eigenvalue weighted by Gasteiger charge is 2.29. The van der Waals surface area contributed by atoms with E-state index in [-0.39, 0.29) is 11.9 Å². The summed E-state index contributed by atoms with van der Waals surface area (Å²) >= 11 is 0. The third kappa shape index (κ3) is 7.86. The third-order valence-corrected chi connectivity index (χ3v) is 6.19. The lowest BCUT2D eigenvalue weighted by Gasteiger charge is -2.20. The minimum Gasteiger partial charge on any atom is -0.494 e. The van der Waals surface area contributed by atoms with Crippen LogP contribution in [0.25, 0.3) is 11.1 Å². The molecule has 0 spiro atoms. The Hall–Kier alpha value is -4.31. The molecule has 0 atom stereocenters. The standard InChI is InChI=1S/C30H35BN2O7/c1-20-15-26(37-14-13-30(3,4)36)32-21(2)29(20)23-8-6-7-22(16-23)19-38-25-11-9-24(10-12-25)31-39-27(34)17-33(5)18-28(35)40-31/h6-12,15-18,34-36H,13-14,19H2,1-5H3/b27-17-,28-18?. The normalized spacial score (nSPS) is 15.2. The van der Waals surface area contributed by atoms with Gasteiger partial charge in [-0.05, 0) is 62.6 Å². The van der Waals surface area contributed by atoms with Gasteiger partial charge in [-0.25, -0.2) is 4.98 Å². The lowest BCUT2D eigenvalue weighted by atomic mass is 9.79. The van der Waals surface area contributed by atoms with E-state index in [1.807, 2.05) is 38.1 Å². The van der Waals surface area contributed by atoms with Gasteiger partial charge in [0.05, 0.1) is 24.6 Å². The van der Waals surface area contributed by atoms with Crippen LogP contribution in [0.3, 0.4) is 0 Å². The van der Waals surface area contributed by atoms with Gasteiger partial charge in [-0.2, -0.15) is 0 Å². The Morgan fingerprint density at radius 3 is 2.25 bits per heavy atom. The topological polar surface area (TPSA) is 114 Å². The Bertz CT molecular complexity index is 1340. The number of aliphatic hydroxyl groups excluding tert-OH is 2. The predicted molar refractivity (Wildman–Crippen MR) is 153 cm³/mol. The maximum atomic E-state index is 9.94. The molecule has 1 aliphatic heterocycles. The lowest BCUT2D eigenvalue weighted by Crippen LogP contribution is -2.37. The van der Waals surface area contributed by atoms with Crippen molar-refractivity contribution >= 4 is 12.6 Å². The Kier molecular flexibility index (Phi) is 8.79. The molecule has 9 nitrogen and oxygen atoms in total. The van der Waals surface area contributed by atoms with Gasteiger partial charge in [0, 0.05) is 36.3 Å². The van der Waals surface area contributed by atoms with Gasteiger partial charge >= 0.3 is 7.12 Å². The van der Waals surface area contributed by atoms with Gasteiger partial charge in [0.15, 0.2) is 0 Å². The van der Waals surface area contributed by atoms with Gasteiger partial charge in [0.2, 0.25) is 5.88 Å². The zero-order chi connectivity index (χ0) is 28.9. The first-order chi connectivity index (χ1) is 19.0. The van der Waals surface area contributed by atoms with Crippen LogP contribution in [0.15, 0.2) is 78.9 Å². The molecule has 40 heavy (non-hydrogen) atoms. The van der Waals surface area contributed by atoms with Crippen LogP contribution >= 0.6 is 0 Å². The summed E-state index contributed by atoms with van der Waals surface area (Å²) in [4.78, 5) is 6.04. The van der Waals surface area contributed by atoms with E-state index in [1.165, 1.54) is 17.3 Å². The maximum Gasteiger partial charge on any atom is 0.636 e. The average molecular weight is 546 g/mol. The fourth-order valence-electron chi connectivity index (χ4n) is 4.24. The third-order valence-electron chi connectivity index (χ3n) is 6.19. The molecular weight excluding hydrogens is 511 g/mol. The van der Waals surface area contributed by atoms with Crippen LogP contribution in [0.1, 0.15) is 37.1 Å². The molecule has 0 saturated carbocycles. The van der Waals surface area contributed by atoms with Crippen LogP contribution in [0.2, 0.25) is 0 Å². The second-order valence-electron chi connectivity index (χ2n) is 10.4. The summed E-state index contributed by atoms with van der Waals surface area (Å²) in [5.41, 5.74) is 4.78. The maximum absolute atomic E-state index is 9.94. The van der Waals surface area contributed by atoms with E-state index in [2.05, 4.69) is 11.1 Å². The second kappa shape index (κ2) is 12.3. The SMILES string of the molecule is Cc1cc(OCCC(C)(C)O)nc(C)c1-c1cccc(COc2ccc(B3OC(O)=CN(C)/C=C(/O)O3)cc2)c1. The summed E-state index contributed by atoms with van der Waals surface area (Å²) in [6.07, 6.45) is 3.15. The van der Waals surface area contributed by atoms with Crippen molar-refractivity contribution in [3.05, 3.63) is 95.7 Å². The van der Waals surface area contributed by atoms with E-state index in [4.69, 9.17) is 18.8 Å². The fraction of sp³-hybridized carbons (Fsp3) is 0.300. The molecule has 3 N–H and O–H groups in total. The van der Waals surface area contributed by atoms with E-state index in [9.17, 15) is 15.3 Å². The quantitative estimate of drug-likeness (QED) is 0.324. The van der Waals surface area contributed by atoms with E-state index in [1.54, 1.807) is 45.2 Å². The molecule has 10 heteroatoms. The van der Waals surface area contributed by atoms with Crippen LogP contribution in [0.4, 0.5) is 0 Å². The molecule has 1 aliphatic rings. The van der Waals surface area contributed by atoms with E-state index < -0.39 is 12.7 Å². The minimum absolute atomic E-state index is 0.343. The van der Waals surface area contributed by atoms with E-state index in [0.717, 1.165) is 27.9 Å². The molecular formula is C30H35BN2O7. The first-order valence-electron chi connectivity index (χ1n) is 13.0. The van der Waals surface area contributed by atoms with Gasteiger partial charge in [-0.1, -0.05) is 30.3 Å². The predicted octanol–water partition coefficient (Wildman–Crippen LogP) is 4.87. The number of nitrogens with zero attached hydrogens (tertiary/aromatic N) is 2. The number of aromatic nitrogens is 1. The summed E-state index contributed by atoms with van der Waals surface area (Å²) in [6.45, 7) is 8.25. The average Bonchev–Trinajstić information content (AvgIpc) is 2.85. The zero-order valence-corrected chi connectivity index (χ0v) is 23.4. The number of ether oxygens (including phenoxy) is 2. The van der Waals surface area contributed by atoms with Crippen molar-refractivity contribution < 1.29 is 34.1 Å². The van der Waals surface area contributed by atoms with Crippen LogP contribution in [-0.4, -0.2) is 51.6 Å². The first kappa shape index (κ1) is 28.7. The summed E-state index contributed by atoms with van der Waals surface area (Å²) < 4.78 is 22.6. The summed E-state index contributed by atoms with van der Waals surface area (Å²) in [5.74, 6) is 0.502. The minimum atomic E-state index is -1.02. The van der Waals surface area contributed by atoms with E-state index in [0.29, 0.717) is 36.7 Å². The van der Waals surface area contributed by atoms with Crippen molar-refractivity contribution in [3.8, 4) is 22.8 Å². The van der Waals surface area contributed by atoms with Crippen molar-refractivity contribution in [2.24, 2.45) is 0 Å². The molecule has 2 aromatic carbocycles. The highest BCUT2D eigenvalue weighted by molar-refractivity contribution is 6.61. The Labute approximate surface area is 235 Å². The van der Waals surface area contributed by atoms with Crippen molar-refractivity contribution in [1.82, 2.24) is 9.88 Å². The highest BCUT2D eigenvalue weighted by Crippen LogP contribution is 2.30. The van der Waals surface area contributed by atoms with Crippen molar-refractivity contribution in [1.29, 1.82) is 0 Å². The molecule has 4 rings (SSSR count). The van der Waals surface area contributed by atoms with Crippen molar-refractivity contribution in [2.75, 3.05) is 13.7 Å². The monoisotopic (exact) mass is 546 g/mol. The Balaban J connectivity index is 1.41. The number of aryl methyl sites for hydroxylation is 2. The molecule has 210 valence electrons. The molecule has 1 aromatic heterocycles. The molecule has 0 bridgehead atoms. The fourth-order valence-corrected chi connectivity index (χ4v) is 4.24. The molecule has 0 fully saturated rings. The molecule has 2 heterocycles. The van der Waals surface area contributed by atoms with Crippen LogP contribution in [0, 0.1) is 13.8 Å². The number of rotatable bonds is 9. The van der Waals surface area contributed by atoms with Gasteiger partial charge in [-0.3, -0.25) is 0 Å². The summed E-state index contributed by atoms with van der Waals surface area (Å²) in [6, 6.07) is 17.1. The molecule has 0 amide bonds. The number of aliphatic hydroxyl groups is 3. The first-order valence-corrected chi connectivity index (χ1v) is 13.0. The van der Waals surface area contributed by atoms with Crippen molar-refractivity contribution in [2.45, 2.75) is 46.3 Å². The van der Waals surface area contributed by atoms with E-state index >= 15 is 0 Å². The largest absolute Gasteiger partial charge is 0.636 e. The lowest BCUT2D eigenvalue weighted by molar-refractivity contribution is 0.0546. The van der Waals surface area contributed by atoms with Crippen LogP contribution in [-0.2, 0) is 15.9 Å². The number of hydrogen-bond acceptors (Lipinski definition) is 9. The molecule has 0 saturated heterocycles. The summed E-state index contributed by atoms with van der Waals surface area (Å²) in [7, 11) is 0.596. The smallest absolute Gasteiger partial charge is 0.494 e. The molecule has 0 aliphatic carbocycles. The second-order valence-corrected chi connectivity index (χ2v) is 10.4. The van der Waals surface area contributed by atoms with Gasteiger partial charge in [-0.15, -0.1) is 0 Å². The number of benzene rings is 2. The van der Waals surface area contributed by atoms with Gasteiger partial charge < -0.3 is 39.0 Å². The Morgan fingerprint density at radius 2 is 1.62 bits per heavy atom. The molecule has 0 radical (unpaired) electrons. The summed E-state index contributed by atoms with van der Waals surface area (Å²) in [5, 5.41) is 29.8. The molecule has 3 aromatic rings. The zero-order valence-electron chi connectivity index (χ0n) is 23.4. The number of pyridine rings is 1. The molecule has 0 unspecified atom stereocenters.